The summed E-state index contributed by atoms with van der Waals surface area (Å²) in [5.74, 6) is 0. The molecule has 0 atom stereocenters. The Labute approximate surface area is 253 Å². The van der Waals surface area contributed by atoms with Crippen molar-refractivity contribution in [3.05, 3.63) is 146 Å². The van der Waals surface area contributed by atoms with E-state index in [0.717, 1.165) is 27.3 Å². The average molecular weight is 545 g/mol. The van der Waals surface area contributed by atoms with E-state index in [0.29, 0.717) is 33.4 Å². The number of fused-ring (bicyclic) bond motifs is 7. The van der Waals surface area contributed by atoms with Gasteiger partial charge in [0.2, 0.25) is 0 Å². The Hall–Kier alpha value is -5.60. The molecule has 2 aromatic heterocycles. The van der Waals surface area contributed by atoms with Gasteiger partial charge in [0.15, 0.2) is 0 Å². The molecule has 2 heteroatoms. The third kappa shape index (κ3) is 3.27. The second-order valence-electron chi connectivity index (χ2n) is 10.2. The fraction of sp³-hybridized carbons (Fsp3) is 0. The van der Waals surface area contributed by atoms with Crippen LogP contribution in [0.2, 0.25) is 0 Å². The maximum absolute atomic E-state index is 9.27. The van der Waals surface area contributed by atoms with Gasteiger partial charge in [-0.2, -0.15) is 0 Å². The SMILES string of the molecule is [2H]c1c([2H])c([2H])c2c(-c3cccc4c3oc3c4ccc4occ(-c5ccccc5)c43)c3c([2H])c([2H])c([2H])c([2H])c3c(-c3ccccc3)c2c1[2H]. The molecule has 9 rings (SSSR count). The van der Waals surface area contributed by atoms with Gasteiger partial charge in [0.05, 0.1) is 22.6 Å². The van der Waals surface area contributed by atoms with Gasteiger partial charge in [-0.25, -0.2) is 0 Å². The molecular weight excluding hydrogens is 512 g/mol. The van der Waals surface area contributed by atoms with E-state index in [-0.39, 0.29) is 51.3 Å². The summed E-state index contributed by atoms with van der Waals surface area (Å²) in [6, 6.07) is 25.0. The highest BCUT2D eigenvalue weighted by atomic mass is 16.3. The molecule has 0 aliphatic carbocycles. The van der Waals surface area contributed by atoms with Crippen molar-refractivity contribution in [2.45, 2.75) is 0 Å². The van der Waals surface area contributed by atoms with Crippen LogP contribution in [0.5, 0.6) is 0 Å². The standard InChI is InChI=1S/C40H24O2/c1-3-12-25(13-4-1)34-24-41-35-23-22-32-31-20-11-21-33(39(31)42-40(32)38(34)35)37-29-18-9-7-16-27(29)36(26-14-5-2-6-15-26)28-17-8-10-19-30(28)37/h1-24H/i7D,8D,9D,10D,16D,17D,18D,19D. The third-order valence-electron chi connectivity index (χ3n) is 7.99. The molecular formula is C40H24O2. The van der Waals surface area contributed by atoms with Crippen molar-refractivity contribution in [3.63, 3.8) is 0 Å². The summed E-state index contributed by atoms with van der Waals surface area (Å²) in [5, 5.41) is 2.89. The van der Waals surface area contributed by atoms with Crippen LogP contribution in [0.4, 0.5) is 0 Å². The first-order valence-electron chi connectivity index (χ1n) is 17.6. The minimum atomic E-state index is -0.452. The molecule has 0 unspecified atom stereocenters. The Kier molecular flexibility index (Phi) is 3.54. The maximum Gasteiger partial charge on any atom is 0.147 e. The summed E-state index contributed by atoms with van der Waals surface area (Å²) < 4.78 is 84.5. The summed E-state index contributed by atoms with van der Waals surface area (Å²) in [6.45, 7) is 0. The normalized spacial score (nSPS) is 14.5. The molecule has 196 valence electrons. The van der Waals surface area contributed by atoms with E-state index in [2.05, 4.69) is 0 Å². The first-order chi connectivity index (χ1) is 24.2. The highest BCUT2D eigenvalue weighted by Gasteiger charge is 2.22. The van der Waals surface area contributed by atoms with Crippen LogP contribution >= 0.6 is 0 Å². The van der Waals surface area contributed by atoms with Gasteiger partial charge in [0, 0.05) is 27.5 Å². The molecule has 2 nitrogen and oxygen atoms in total. The van der Waals surface area contributed by atoms with Gasteiger partial charge in [-0.3, -0.25) is 0 Å². The van der Waals surface area contributed by atoms with Gasteiger partial charge in [0.1, 0.15) is 16.7 Å². The molecule has 0 aliphatic heterocycles. The molecule has 42 heavy (non-hydrogen) atoms. The molecule has 0 fully saturated rings. The fourth-order valence-electron chi connectivity index (χ4n) is 6.19. The molecule has 0 radical (unpaired) electrons. The summed E-state index contributed by atoms with van der Waals surface area (Å²) >= 11 is 0. The van der Waals surface area contributed by atoms with E-state index in [1.54, 1.807) is 36.6 Å². The lowest BCUT2D eigenvalue weighted by molar-refractivity contribution is 0.616. The van der Waals surface area contributed by atoms with Crippen LogP contribution in [-0.4, -0.2) is 0 Å². The monoisotopic (exact) mass is 544 g/mol. The van der Waals surface area contributed by atoms with Crippen molar-refractivity contribution in [3.8, 4) is 33.4 Å². The lowest BCUT2D eigenvalue weighted by Gasteiger charge is -2.17. The zero-order valence-corrected chi connectivity index (χ0v) is 22.1. The predicted octanol–water partition coefficient (Wildman–Crippen LogP) is 11.6. The van der Waals surface area contributed by atoms with Crippen molar-refractivity contribution in [2.24, 2.45) is 0 Å². The smallest absolute Gasteiger partial charge is 0.147 e. The predicted molar refractivity (Wildman–Crippen MR) is 175 cm³/mol. The minimum absolute atomic E-state index is 0.138. The van der Waals surface area contributed by atoms with Gasteiger partial charge in [-0.15, -0.1) is 0 Å². The number of hydrogen-bond acceptors (Lipinski definition) is 2. The van der Waals surface area contributed by atoms with Crippen molar-refractivity contribution in [1.29, 1.82) is 0 Å². The van der Waals surface area contributed by atoms with E-state index in [9.17, 15) is 5.48 Å². The van der Waals surface area contributed by atoms with E-state index in [1.165, 1.54) is 0 Å². The Balaban J connectivity index is 1.53. The van der Waals surface area contributed by atoms with Crippen LogP contribution in [0.25, 0.3) is 87.8 Å². The molecule has 9 aromatic rings. The lowest BCUT2D eigenvalue weighted by Crippen LogP contribution is -1.90. The number of para-hydroxylation sites is 1. The lowest BCUT2D eigenvalue weighted by atomic mass is 9.85. The van der Waals surface area contributed by atoms with E-state index >= 15 is 0 Å². The Morgan fingerprint density at radius 2 is 1.05 bits per heavy atom. The van der Waals surface area contributed by atoms with E-state index in [4.69, 9.17) is 14.3 Å². The summed E-state index contributed by atoms with van der Waals surface area (Å²) in [6.07, 6.45) is 1.70. The average Bonchev–Trinajstić information content (AvgIpc) is 3.76. The molecule has 2 heterocycles. The molecule has 0 saturated heterocycles. The van der Waals surface area contributed by atoms with Crippen LogP contribution in [0.1, 0.15) is 11.0 Å². The molecule has 7 aromatic carbocycles. The van der Waals surface area contributed by atoms with Crippen LogP contribution in [-0.2, 0) is 0 Å². The quantitative estimate of drug-likeness (QED) is 0.207. The third-order valence-corrected chi connectivity index (χ3v) is 7.99. The zero-order valence-electron chi connectivity index (χ0n) is 30.1. The van der Waals surface area contributed by atoms with Crippen LogP contribution in [0, 0.1) is 0 Å². The summed E-state index contributed by atoms with van der Waals surface area (Å²) in [7, 11) is 0. The largest absolute Gasteiger partial charge is 0.464 e. The van der Waals surface area contributed by atoms with Crippen molar-refractivity contribution < 1.29 is 19.8 Å². The Morgan fingerprint density at radius 1 is 0.452 bits per heavy atom. The molecule has 0 N–H and O–H groups in total. The van der Waals surface area contributed by atoms with Gasteiger partial charge >= 0.3 is 0 Å². The highest BCUT2D eigenvalue weighted by Crippen LogP contribution is 2.47. The van der Waals surface area contributed by atoms with Gasteiger partial charge in [0.25, 0.3) is 0 Å². The zero-order chi connectivity index (χ0) is 34.6. The number of furan rings is 2. The van der Waals surface area contributed by atoms with E-state index < -0.39 is 24.2 Å². The van der Waals surface area contributed by atoms with E-state index in [1.807, 2.05) is 60.7 Å². The maximum atomic E-state index is 9.27. The summed E-state index contributed by atoms with van der Waals surface area (Å²) in [4.78, 5) is 0. The first-order valence-corrected chi connectivity index (χ1v) is 13.6. The topological polar surface area (TPSA) is 26.3 Å². The minimum Gasteiger partial charge on any atom is -0.464 e. The molecule has 0 aliphatic rings. The van der Waals surface area contributed by atoms with Gasteiger partial charge in [-0.1, -0.05) is 127 Å². The Bertz CT molecular complexity index is 2810. The molecule has 0 spiro atoms. The number of rotatable bonds is 3. The molecule has 0 amide bonds. The van der Waals surface area contributed by atoms with Crippen molar-refractivity contribution in [1.82, 2.24) is 0 Å². The van der Waals surface area contributed by atoms with Crippen LogP contribution in [0.3, 0.4) is 0 Å². The van der Waals surface area contributed by atoms with Crippen LogP contribution < -0.4 is 0 Å². The number of benzene rings is 7. The van der Waals surface area contributed by atoms with Gasteiger partial charge < -0.3 is 8.83 Å². The second-order valence-corrected chi connectivity index (χ2v) is 10.2. The van der Waals surface area contributed by atoms with Crippen LogP contribution in [0.15, 0.2) is 154 Å². The number of hydrogen-bond donors (Lipinski definition) is 0. The Morgan fingerprint density at radius 3 is 1.71 bits per heavy atom. The second kappa shape index (κ2) is 8.95. The molecule has 0 bridgehead atoms. The first kappa shape index (κ1) is 16.6. The van der Waals surface area contributed by atoms with Crippen molar-refractivity contribution in [2.75, 3.05) is 0 Å². The summed E-state index contributed by atoms with van der Waals surface area (Å²) in [5.41, 5.74) is 4.93. The van der Waals surface area contributed by atoms with Gasteiger partial charge in [-0.05, 0) is 50.4 Å². The fourth-order valence-corrected chi connectivity index (χ4v) is 6.19. The van der Waals surface area contributed by atoms with Crippen molar-refractivity contribution >= 4 is 54.5 Å². The highest BCUT2D eigenvalue weighted by molar-refractivity contribution is 6.25. The molecule has 0 saturated carbocycles.